The Morgan fingerprint density at radius 3 is 2.13 bits per heavy atom. The van der Waals surface area contributed by atoms with Crippen LogP contribution in [0.15, 0.2) is 155 Å². The maximum absolute atomic E-state index is 9.45. The molecule has 11 aromatic rings. The number of fused-ring (bicyclic) bond motifs is 7. The summed E-state index contributed by atoms with van der Waals surface area (Å²) in [5.74, 6) is 0.951. The van der Waals surface area contributed by atoms with E-state index in [1.54, 1.807) is 18.2 Å². The molecule has 0 amide bonds. The van der Waals surface area contributed by atoms with E-state index in [1.165, 1.54) is 16.7 Å². The second kappa shape index (κ2) is 17.9. The number of pyridine rings is 1. The monoisotopic (exact) mass is 1050 g/mol. The molecule has 7 aromatic carbocycles. The first-order valence-corrected chi connectivity index (χ1v) is 22.4. The fourth-order valence-corrected chi connectivity index (χ4v) is 8.96. The van der Waals surface area contributed by atoms with Gasteiger partial charge in [-0.15, -0.1) is 53.6 Å². The van der Waals surface area contributed by atoms with Gasteiger partial charge < -0.3 is 18.4 Å². The van der Waals surface area contributed by atoms with Crippen LogP contribution < -0.4 is 0 Å². The normalized spacial score (nSPS) is 12.6. The van der Waals surface area contributed by atoms with Crippen molar-refractivity contribution in [1.29, 1.82) is 5.26 Å². The topological polar surface area (TPSA) is 80.8 Å². The summed E-state index contributed by atoms with van der Waals surface area (Å²) in [6.45, 7) is 13.0. The van der Waals surface area contributed by atoms with Gasteiger partial charge in [-0.2, -0.15) is 5.26 Å². The quantitative estimate of drug-likeness (QED) is 0.155. The van der Waals surface area contributed by atoms with Gasteiger partial charge in [0.05, 0.1) is 34.1 Å². The first-order chi connectivity index (χ1) is 33.1. The maximum atomic E-state index is 9.45. The number of aryl methyl sites for hydroxylation is 1. The van der Waals surface area contributed by atoms with Gasteiger partial charge in [-0.05, 0) is 105 Å². The fraction of sp³-hybridized carbons (Fsp3) is 0.183. The predicted molar refractivity (Wildman–Crippen MR) is 270 cm³/mol. The molecule has 0 saturated carbocycles. The summed E-state index contributed by atoms with van der Waals surface area (Å²) in [7, 11) is 0. The van der Waals surface area contributed by atoms with Crippen LogP contribution in [0, 0.1) is 30.3 Å². The maximum Gasteiger partial charge on any atom is 0.139 e. The molecule has 6 nitrogen and oxygen atoms in total. The molecule has 1 radical (unpaired) electrons. The Balaban J connectivity index is 0.000000304. The molecule has 0 atom stereocenters. The number of aromatic nitrogens is 3. The van der Waals surface area contributed by atoms with Crippen molar-refractivity contribution in [2.45, 2.75) is 72.6 Å². The van der Waals surface area contributed by atoms with E-state index in [4.69, 9.17) is 17.9 Å². The number of furan rings is 2. The van der Waals surface area contributed by atoms with Gasteiger partial charge in [0.15, 0.2) is 0 Å². The standard InChI is InChI=1S/C45H34N3O2.C15H16N.Ir/c1-25(2)33-20-30(29-11-7-6-8-12-29)21-34(26(3)4)43(33)48-38-14-10-9-13-37(38)47-45(48)32-17-15-27(5)42-36-22-35-31-18-16-28(24-46)19-39(31)49-40(35)23-41(36)50-44(32)42;1-15(2,3)13-9-10-16-14(11-13)12-7-5-4-6-8-12;/h6-16,18-23,25-26H,1-5H3;4-7,9-11H,1-3H3;/q2*-1;/i5D3;;. The van der Waals surface area contributed by atoms with E-state index in [0.29, 0.717) is 50.1 Å². The van der Waals surface area contributed by atoms with Crippen molar-refractivity contribution in [3.63, 3.8) is 0 Å². The molecule has 7 heteroatoms. The van der Waals surface area contributed by atoms with Crippen molar-refractivity contribution in [3.8, 4) is 45.5 Å². The van der Waals surface area contributed by atoms with E-state index >= 15 is 0 Å². The van der Waals surface area contributed by atoms with E-state index in [0.717, 1.165) is 49.9 Å². The zero-order valence-electron chi connectivity index (χ0n) is 41.4. The van der Waals surface area contributed by atoms with Gasteiger partial charge in [-0.1, -0.05) is 115 Å². The molecule has 67 heavy (non-hydrogen) atoms. The van der Waals surface area contributed by atoms with Gasteiger partial charge in [0, 0.05) is 58.3 Å². The van der Waals surface area contributed by atoms with Gasteiger partial charge >= 0.3 is 0 Å². The van der Waals surface area contributed by atoms with Crippen molar-refractivity contribution >= 4 is 54.9 Å². The molecule has 0 N–H and O–H groups in total. The Kier molecular flexibility index (Phi) is 11.1. The van der Waals surface area contributed by atoms with Crippen molar-refractivity contribution < 1.29 is 33.1 Å². The van der Waals surface area contributed by atoms with E-state index in [1.807, 2.05) is 72.9 Å². The molecule has 0 aliphatic heterocycles. The van der Waals surface area contributed by atoms with Gasteiger partial charge in [-0.25, -0.2) is 0 Å². The average molecular weight is 1050 g/mol. The second-order valence-electron chi connectivity index (χ2n) is 18.5. The molecule has 0 fully saturated rings. The number of benzene rings is 7. The minimum atomic E-state index is -2.44. The zero-order valence-corrected chi connectivity index (χ0v) is 40.8. The van der Waals surface area contributed by atoms with Gasteiger partial charge in [0.25, 0.3) is 0 Å². The number of para-hydroxylation sites is 2. The third-order valence-corrected chi connectivity index (χ3v) is 12.4. The number of imidazole rings is 1. The molecule has 333 valence electrons. The zero-order chi connectivity index (χ0) is 48.4. The predicted octanol–water partition coefficient (Wildman–Crippen LogP) is 16.2. The Morgan fingerprint density at radius 2 is 1.43 bits per heavy atom. The molecule has 0 spiro atoms. The molecule has 0 unspecified atom stereocenters. The number of nitriles is 1. The van der Waals surface area contributed by atoms with Crippen LogP contribution in [0.1, 0.15) is 92.2 Å². The van der Waals surface area contributed by atoms with Crippen molar-refractivity contribution in [2.24, 2.45) is 0 Å². The van der Waals surface area contributed by atoms with Crippen molar-refractivity contribution in [1.82, 2.24) is 14.5 Å². The third-order valence-electron chi connectivity index (χ3n) is 12.4. The first kappa shape index (κ1) is 41.3. The molecule has 0 saturated heterocycles. The van der Waals surface area contributed by atoms with E-state index < -0.39 is 6.85 Å². The summed E-state index contributed by atoms with van der Waals surface area (Å²) >= 11 is 0. The van der Waals surface area contributed by atoms with Crippen LogP contribution in [0.5, 0.6) is 0 Å². The Labute approximate surface area is 409 Å². The minimum absolute atomic E-state index is 0. The summed E-state index contributed by atoms with van der Waals surface area (Å²) in [5.41, 5.74) is 14.2. The molecule has 0 aliphatic rings. The summed E-state index contributed by atoms with van der Waals surface area (Å²) in [6.07, 6.45) is 1.87. The summed E-state index contributed by atoms with van der Waals surface area (Å²) in [4.78, 5) is 9.63. The minimum Gasteiger partial charge on any atom is -0.500 e. The second-order valence-corrected chi connectivity index (χ2v) is 18.5. The Hall–Kier alpha value is -7.10. The molecule has 11 rings (SSSR count). The number of hydrogen-bond acceptors (Lipinski definition) is 5. The summed E-state index contributed by atoms with van der Waals surface area (Å²) in [5, 5.41) is 12.2. The van der Waals surface area contributed by atoms with Crippen LogP contribution in [0.25, 0.3) is 94.4 Å². The van der Waals surface area contributed by atoms with Gasteiger partial charge in [-0.3, -0.25) is 4.98 Å². The summed E-state index contributed by atoms with van der Waals surface area (Å²) < 4.78 is 40.8. The average Bonchev–Trinajstić information content (AvgIpc) is 4.03. The van der Waals surface area contributed by atoms with Crippen molar-refractivity contribution in [2.75, 3.05) is 0 Å². The van der Waals surface area contributed by atoms with Gasteiger partial charge in [0.1, 0.15) is 16.7 Å². The Bertz CT molecular complexity index is 3750. The van der Waals surface area contributed by atoms with Crippen molar-refractivity contribution in [3.05, 3.63) is 186 Å². The van der Waals surface area contributed by atoms with Crippen LogP contribution in [0.3, 0.4) is 0 Å². The number of nitrogens with zero attached hydrogens (tertiary/aromatic N) is 4. The number of hydrogen-bond donors (Lipinski definition) is 0. The van der Waals surface area contributed by atoms with E-state index in [9.17, 15) is 5.26 Å². The van der Waals surface area contributed by atoms with Crippen LogP contribution in [0.4, 0.5) is 0 Å². The molecule has 4 aromatic heterocycles. The van der Waals surface area contributed by atoms with Crippen LogP contribution in [-0.2, 0) is 25.5 Å². The number of rotatable bonds is 6. The SMILES string of the molecule is CC(C)(C)c1ccnc(-c2[c-]cccc2)c1.[2H]C([2H])([2H])c1c[c-]c(-c2nc3ccccc3n2-c2c(C(C)C)cc(-c3ccccc3)cc2C(C)C)c2oc3cc4oc5cc(C#N)ccc5c4cc3c12.[Ir]. The van der Waals surface area contributed by atoms with E-state index in [2.05, 4.69) is 131 Å². The summed E-state index contributed by atoms with van der Waals surface area (Å²) in [6, 6.07) is 54.6. The van der Waals surface area contributed by atoms with Crippen LogP contribution >= 0.6 is 0 Å². The first-order valence-electron chi connectivity index (χ1n) is 23.9. The molecular weight excluding hydrogens is 1000 g/mol. The Morgan fingerprint density at radius 1 is 0.716 bits per heavy atom. The molecule has 0 aliphatic carbocycles. The smallest absolute Gasteiger partial charge is 0.139 e. The van der Waals surface area contributed by atoms with E-state index in [-0.39, 0.29) is 42.9 Å². The molecular formula is C60H50IrN4O2-2. The fourth-order valence-electron chi connectivity index (χ4n) is 8.96. The van der Waals surface area contributed by atoms with Crippen LogP contribution in [-0.4, -0.2) is 14.5 Å². The van der Waals surface area contributed by atoms with Crippen LogP contribution in [0.2, 0.25) is 0 Å². The largest absolute Gasteiger partial charge is 0.500 e. The molecule has 0 bridgehead atoms. The molecule has 4 heterocycles. The van der Waals surface area contributed by atoms with Gasteiger partial charge in [0.2, 0.25) is 0 Å². The third kappa shape index (κ3) is 8.26.